The number of carboxylic acids is 1. The third-order valence-corrected chi connectivity index (χ3v) is 13.5. The van der Waals surface area contributed by atoms with Gasteiger partial charge in [-0.15, -0.1) is 0 Å². The van der Waals surface area contributed by atoms with Crippen LogP contribution >= 0.6 is 19.4 Å². The highest BCUT2D eigenvalue weighted by molar-refractivity contribution is 7.47. The molecular formula is C45H54ClN2O8P. The lowest BCUT2D eigenvalue weighted by Gasteiger charge is -2.47. The highest BCUT2D eigenvalue weighted by Crippen LogP contribution is 2.57. The largest absolute Gasteiger partial charge is 0.493 e. The van der Waals surface area contributed by atoms with Crippen molar-refractivity contribution in [2.24, 2.45) is 11.8 Å². The Bertz CT molecular complexity index is 2060. The van der Waals surface area contributed by atoms with E-state index in [1.54, 1.807) is 12.1 Å². The number of aliphatic carboxylic acids is 1. The van der Waals surface area contributed by atoms with E-state index in [9.17, 15) is 19.4 Å². The van der Waals surface area contributed by atoms with Crippen molar-refractivity contribution in [2.45, 2.75) is 102 Å². The number of fused-ring (bicyclic) bond motifs is 3. The van der Waals surface area contributed by atoms with Crippen molar-refractivity contribution in [3.63, 3.8) is 0 Å². The molecule has 0 radical (unpaired) electrons. The van der Waals surface area contributed by atoms with Crippen molar-refractivity contribution in [3.05, 3.63) is 118 Å². The number of phosphoric ester groups is 1. The normalized spacial score (nSPS) is 24.2. The fourth-order valence-electron chi connectivity index (χ4n) is 9.36. The molecule has 0 aliphatic heterocycles. The first kappa shape index (κ1) is 41.2. The zero-order chi connectivity index (χ0) is 40.0. The second-order valence-corrected chi connectivity index (χ2v) is 18.2. The number of ether oxygens (including phenoxy) is 2. The maximum atomic E-state index is 13.0. The van der Waals surface area contributed by atoms with Gasteiger partial charge >= 0.3 is 13.8 Å². The quantitative estimate of drug-likeness (QED) is 0.0698. The molecule has 304 valence electrons. The monoisotopic (exact) mass is 816 g/mol. The fourth-order valence-corrected chi connectivity index (χ4v) is 10.3. The van der Waals surface area contributed by atoms with Gasteiger partial charge in [-0.3, -0.25) is 14.0 Å². The summed E-state index contributed by atoms with van der Waals surface area (Å²) in [5.74, 6) is 1.77. The maximum absolute atomic E-state index is 13.0. The van der Waals surface area contributed by atoms with E-state index in [1.165, 1.54) is 16.7 Å². The molecule has 1 aromatic heterocycles. The summed E-state index contributed by atoms with van der Waals surface area (Å²) in [4.78, 5) is 27.8. The van der Waals surface area contributed by atoms with Crippen LogP contribution in [-0.2, 0) is 43.3 Å². The topological polar surface area (TPSA) is 136 Å². The Morgan fingerprint density at radius 3 is 2.58 bits per heavy atom. The van der Waals surface area contributed by atoms with Gasteiger partial charge in [0.15, 0.2) is 0 Å². The van der Waals surface area contributed by atoms with Gasteiger partial charge in [0.25, 0.3) is 0 Å². The Balaban J connectivity index is 1.04. The molecule has 3 aliphatic carbocycles. The number of benzene rings is 3. The van der Waals surface area contributed by atoms with Crippen LogP contribution in [0.25, 0.3) is 0 Å². The van der Waals surface area contributed by atoms with E-state index in [2.05, 4.69) is 36.3 Å². The lowest BCUT2D eigenvalue weighted by molar-refractivity contribution is -0.144. The van der Waals surface area contributed by atoms with Crippen LogP contribution in [0.5, 0.6) is 11.5 Å². The molecule has 12 heteroatoms. The highest BCUT2D eigenvalue weighted by atomic mass is 35.5. The predicted octanol–water partition coefficient (Wildman–Crippen LogP) is 10.3. The summed E-state index contributed by atoms with van der Waals surface area (Å²) in [6.07, 6.45) is 9.66. The molecule has 4 aromatic rings. The van der Waals surface area contributed by atoms with E-state index in [1.807, 2.05) is 60.8 Å². The maximum Gasteiger partial charge on any atom is 0.472 e. The molecule has 3 N–H and O–H groups in total. The number of nitrogens with one attached hydrogen (secondary N) is 1. The first-order valence-corrected chi connectivity index (χ1v) is 22.1. The van der Waals surface area contributed by atoms with E-state index in [0.29, 0.717) is 61.1 Å². The smallest absolute Gasteiger partial charge is 0.472 e. The number of phosphoric acid groups is 1. The highest BCUT2D eigenvalue weighted by Gasteiger charge is 2.54. The van der Waals surface area contributed by atoms with Gasteiger partial charge in [0, 0.05) is 34.6 Å². The summed E-state index contributed by atoms with van der Waals surface area (Å²) in [5, 5.41) is 14.6. The molecule has 3 aromatic carbocycles. The average Bonchev–Trinajstić information content (AvgIpc) is 3.48. The minimum atomic E-state index is -4.22. The van der Waals surface area contributed by atoms with Crippen molar-refractivity contribution < 1.29 is 37.9 Å². The summed E-state index contributed by atoms with van der Waals surface area (Å²) in [6, 6.07) is 24.7. The van der Waals surface area contributed by atoms with Gasteiger partial charge in [-0.1, -0.05) is 67.9 Å². The second kappa shape index (κ2) is 17.9. The molecule has 4 atom stereocenters. The number of halogens is 1. The van der Waals surface area contributed by atoms with Crippen LogP contribution in [0.4, 0.5) is 5.69 Å². The van der Waals surface area contributed by atoms with E-state index >= 15 is 0 Å². The molecule has 3 aliphatic rings. The van der Waals surface area contributed by atoms with Gasteiger partial charge < -0.3 is 24.8 Å². The molecule has 57 heavy (non-hydrogen) atoms. The van der Waals surface area contributed by atoms with Gasteiger partial charge in [-0.2, -0.15) is 0 Å². The SMILES string of the molecule is C[C@@H](COc1ccnc2c1[C@H](C)CCC2)CC1Cc2ccc(OCCCOP(=O)(O)OCc3ccccc3)cc2C12CCC(Nc1cccc(Cl)c1)(C(=O)O)CC2. The van der Waals surface area contributed by atoms with Crippen LogP contribution in [-0.4, -0.2) is 46.3 Å². The molecule has 1 heterocycles. The number of nitrogens with zero attached hydrogens (tertiary/aromatic N) is 1. The van der Waals surface area contributed by atoms with E-state index < -0.39 is 19.3 Å². The Hall–Kier alpha value is -3.92. The summed E-state index contributed by atoms with van der Waals surface area (Å²) < 4.78 is 35.6. The van der Waals surface area contributed by atoms with E-state index in [4.69, 9.17) is 30.1 Å². The summed E-state index contributed by atoms with van der Waals surface area (Å²) in [7, 11) is -4.22. The minimum Gasteiger partial charge on any atom is -0.493 e. The molecule has 10 nitrogen and oxygen atoms in total. The van der Waals surface area contributed by atoms with Crippen LogP contribution in [0, 0.1) is 11.8 Å². The Kier molecular flexibility index (Phi) is 13.0. The number of hydrogen-bond donors (Lipinski definition) is 3. The fraction of sp³-hybridized carbons (Fsp3) is 0.467. The molecule has 0 bridgehead atoms. The minimum absolute atomic E-state index is 0.00239. The van der Waals surface area contributed by atoms with Crippen molar-refractivity contribution in [1.29, 1.82) is 0 Å². The number of aryl methyl sites for hydroxylation is 1. The first-order chi connectivity index (χ1) is 27.5. The number of carbonyl (C=O) groups is 1. The Morgan fingerprint density at radius 2 is 1.81 bits per heavy atom. The second-order valence-electron chi connectivity index (χ2n) is 16.3. The first-order valence-electron chi connectivity index (χ1n) is 20.2. The zero-order valence-electron chi connectivity index (χ0n) is 32.8. The molecule has 0 saturated heterocycles. The molecule has 1 spiro atoms. The molecular weight excluding hydrogens is 763 g/mol. The lowest BCUT2D eigenvalue weighted by atomic mass is 9.59. The van der Waals surface area contributed by atoms with Gasteiger partial charge in [0.05, 0.1) is 26.4 Å². The third kappa shape index (κ3) is 9.69. The van der Waals surface area contributed by atoms with Crippen molar-refractivity contribution in [3.8, 4) is 11.5 Å². The molecule has 1 fully saturated rings. The van der Waals surface area contributed by atoms with E-state index in [-0.39, 0.29) is 37.1 Å². The summed E-state index contributed by atoms with van der Waals surface area (Å²) >= 11 is 6.29. The van der Waals surface area contributed by atoms with Gasteiger partial charge in [0.2, 0.25) is 0 Å². The van der Waals surface area contributed by atoms with Crippen LogP contribution in [0.3, 0.4) is 0 Å². The number of hydrogen-bond acceptors (Lipinski definition) is 8. The van der Waals surface area contributed by atoms with Gasteiger partial charge in [-0.05, 0) is 134 Å². The van der Waals surface area contributed by atoms with Crippen molar-refractivity contribution >= 4 is 31.1 Å². The lowest BCUT2D eigenvalue weighted by Crippen LogP contribution is -2.53. The van der Waals surface area contributed by atoms with Crippen LogP contribution in [0.15, 0.2) is 85.1 Å². The molecule has 2 unspecified atom stereocenters. The molecule has 0 amide bonds. The molecule has 1 saturated carbocycles. The van der Waals surface area contributed by atoms with Gasteiger partial charge in [0.1, 0.15) is 17.0 Å². The Morgan fingerprint density at radius 1 is 1.00 bits per heavy atom. The van der Waals surface area contributed by atoms with Gasteiger partial charge in [-0.25, -0.2) is 9.36 Å². The third-order valence-electron chi connectivity index (χ3n) is 12.3. The summed E-state index contributed by atoms with van der Waals surface area (Å²) in [6.45, 7) is 5.37. The predicted molar refractivity (Wildman–Crippen MR) is 221 cm³/mol. The number of aromatic nitrogens is 1. The zero-order valence-corrected chi connectivity index (χ0v) is 34.5. The van der Waals surface area contributed by atoms with Crippen LogP contribution in [0.2, 0.25) is 5.02 Å². The number of pyridine rings is 1. The number of carboxylic acid groups (broad SMARTS) is 1. The van der Waals surface area contributed by atoms with Crippen molar-refractivity contribution in [1.82, 2.24) is 4.98 Å². The number of anilines is 1. The number of rotatable bonds is 17. The Labute approximate surface area is 340 Å². The standard InChI is InChI=1S/C45H54ClN2O8P/c1-31(29-54-41-17-22-47-40-14-6-9-32(2)42(40)41)25-35-26-34-15-16-38(53-23-8-24-55-57(51,52)56-30-33-10-4-3-5-11-33)28-39(34)44(35)18-20-45(21-19-44,43(49)50)48-37-13-7-12-36(46)27-37/h3-5,7,10-13,15-17,22,27-28,31-32,35,48H,6,8-9,14,18-21,23-26,29-30H2,1-2H3,(H,49,50)(H,51,52)/t31-,32-,35?,44?,45?/m1/s1. The average molecular weight is 817 g/mol. The van der Waals surface area contributed by atoms with Crippen molar-refractivity contribution in [2.75, 3.05) is 25.1 Å². The van der Waals surface area contributed by atoms with Crippen LogP contribution in [0.1, 0.15) is 99.1 Å². The van der Waals surface area contributed by atoms with Crippen LogP contribution < -0.4 is 14.8 Å². The van der Waals surface area contributed by atoms with E-state index in [0.717, 1.165) is 49.1 Å². The summed E-state index contributed by atoms with van der Waals surface area (Å²) in [5.41, 5.74) is 5.01. The molecule has 7 rings (SSSR count).